The summed E-state index contributed by atoms with van der Waals surface area (Å²) in [6.07, 6.45) is 11.7. The summed E-state index contributed by atoms with van der Waals surface area (Å²) in [6.45, 7) is 2.28. The third-order valence-electron chi connectivity index (χ3n) is 2.21. The summed E-state index contributed by atoms with van der Waals surface area (Å²) in [5.41, 5.74) is 0. The Labute approximate surface area is 94.5 Å². The second-order valence-electron chi connectivity index (χ2n) is 3.69. The Balaban J connectivity index is 2.82. The van der Waals surface area contributed by atoms with Gasteiger partial charge in [-0.2, -0.15) is 0 Å². The molecule has 0 aliphatic rings. The molecule has 0 aliphatic carbocycles. The molecule has 0 amide bonds. The van der Waals surface area contributed by atoms with Gasteiger partial charge in [0.15, 0.2) is 0 Å². The van der Waals surface area contributed by atoms with Crippen LogP contribution >= 0.6 is 22.6 Å². The number of halogens is 1. The maximum absolute atomic E-state index is 2.58. The first-order valence-corrected chi connectivity index (χ1v) is 7.81. The SMILES string of the molecule is CCCCCCCCCC([SiH3])I. The molecule has 74 valence electrons. The average molecular weight is 298 g/mol. The third kappa shape index (κ3) is 10.9. The highest BCUT2D eigenvalue weighted by Gasteiger charge is 1.95. The van der Waals surface area contributed by atoms with Crippen LogP contribution in [0.5, 0.6) is 0 Å². The molecular weight excluding hydrogens is 275 g/mol. The minimum absolute atomic E-state index is 1.01. The van der Waals surface area contributed by atoms with Crippen molar-refractivity contribution in [2.24, 2.45) is 0 Å². The molecule has 0 saturated heterocycles. The van der Waals surface area contributed by atoms with Crippen molar-refractivity contribution in [1.29, 1.82) is 0 Å². The van der Waals surface area contributed by atoms with Gasteiger partial charge in [0.05, 0.1) is 0 Å². The maximum atomic E-state index is 2.58. The number of hydrogen-bond acceptors (Lipinski definition) is 0. The zero-order chi connectivity index (χ0) is 9.23. The van der Waals surface area contributed by atoms with Crippen molar-refractivity contribution >= 4 is 32.8 Å². The molecule has 0 rings (SSSR count). The van der Waals surface area contributed by atoms with Crippen molar-refractivity contribution in [2.75, 3.05) is 0 Å². The van der Waals surface area contributed by atoms with E-state index in [-0.39, 0.29) is 0 Å². The number of alkyl halides is 1. The predicted octanol–water partition coefficient (Wildman–Crippen LogP) is 3.25. The lowest BCUT2D eigenvalue weighted by atomic mass is 10.1. The molecule has 0 aromatic carbocycles. The first-order valence-electron chi connectivity index (χ1n) is 5.41. The van der Waals surface area contributed by atoms with Gasteiger partial charge in [0.1, 0.15) is 0 Å². The second-order valence-corrected chi connectivity index (χ2v) is 9.56. The molecule has 0 aliphatic heterocycles. The molecule has 0 radical (unpaired) electrons. The van der Waals surface area contributed by atoms with E-state index in [4.69, 9.17) is 0 Å². The molecule has 12 heavy (non-hydrogen) atoms. The Kier molecular flexibility index (Phi) is 10.8. The molecule has 1 atom stereocenters. The first kappa shape index (κ1) is 12.9. The van der Waals surface area contributed by atoms with Crippen LogP contribution in [0, 0.1) is 0 Å². The summed E-state index contributed by atoms with van der Waals surface area (Å²) in [5.74, 6) is 0. The van der Waals surface area contributed by atoms with Crippen LogP contribution in [-0.2, 0) is 0 Å². The van der Waals surface area contributed by atoms with E-state index in [0.717, 1.165) is 3.55 Å². The van der Waals surface area contributed by atoms with Crippen LogP contribution in [0.15, 0.2) is 0 Å². The van der Waals surface area contributed by atoms with Crippen LogP contribution < -0.4 is 0 Å². The predicted molar refractivity (Wildman–Crippen MR) is 70.4 cm³/mol. The topological polar surface area (TPSA) is 0 Å². The van der Waals surface area contributed by atoms with E-state index in [1.54, 1.807) is 0 Å². The zero-order valence-corrected chi connectivity index (χ0v) is 12.8. The Morgan fingerprint density at radius 2 is 1.50 bits per heavy atom. The van der Waals surface area contributed by atoms with Crippen LogP contribution in [0.1, 0.15) is 58.3 Å². The Morgan fingerprint density at radius 1 is 1.00 bits per heavy atom. The highest BCUT2D eigenvalue weighted by atomic mass is 127. The van der Waals surface area contributed by atoms with E-state index in [1.807, 2.05) is 0 Å². The Morgan fingerprint density at radius 3 is 2.00 bits per heavy atom. The third-order valence-corrected chi connectivity index (χ3v) is 3.41. The van der Waals surface area contributed by atoms with Crippen molar-refractivity contribution in [3.05, 3.63) is 0 Å². The fourth-order valence-electron chi connectivity index (χ4n) is 1.38. The monoisotopic (exact) mass is 298 g/mol. The standard InChI is InChI=1S/C10H23ISi/c1-2-3-4-5-6-7-8-9-10(11)12/h10H,2-9H2,1,12H3. The fraction of sp³-hybridized carbons (Fsp3) is 1.00. The van der Waals surface area contributed by atoms with E-state index in [1.165, 1.54) is 61.6 Å². The number of hydrogen-bond donors (Lipinski definition) is 0. The fourth-order valence-corrected chi connectivity index (χ4v) is 2.23. The van der Waals surface area contributed by atoms with Crippen molar-refractivity contribution in [2.45, 2.75) is 61.8 Å². The summed E-state index contributed by atoms with van der Waals surface area (Å²) >= 11 is 2.58. The van der Waals surface area contributed by atoms with Crippen LogP contribution in [0.3, 0.4) is 0 Å². The van der Waals surface area contributed by atoms with Gasteiger partial charge in [0, 0.05) is 10.2 Å². The second kappa shape index (κ2) is 10.0. The van der Waals surface area contributed by atoms with Gasteiger partial charge in [-0.05, 0) is 9.97 Å². The summed E-state index contributed by atoms with van der Waals surface area (Å²) in [7, 11) is 1.38. The van der Waals surface area contributed by atoms with E-state index in [0.29, 0.717) is 0 Å². The highest BCUT2D eigenvalue weighted by molar-refractivity contribution is 14.1. The molecule has 0 fully saturated rings. The van der Waals surface area contributed by atoms with Crippen molar-refractivity contribution < 1.29 is 0 Å². The van der Waals surface area contributed by atoms with Gasteiger partial charge in [-0.15, -0.1) is 0 Å². The smallest absolute Gasteiger partial charge is 0.0190 e. The highest BCUT2D eigenvalue weighted by Crippen LogP contribution is 2.11. The summed E-state index contributed by atoms with van der Waals surface area (Å²) in [6, 6.07) is 0. The zero-order valence-electron chi connectivity index (χ0n) is 8.61. The quantitative estimate of drug-likeness (QED) is 0.279. The van der Waals surface area contributed by atoms with Gasteiger partial charge in [-0.1, -0.05) is 74.5 Å². The molecule has 0 heterocycles. The largest absolute Gasteiger partial charge is 0.0872 e. The lowest BCUT2D eigenvalue weighted by Gasteiger charge is -2.02. The molecule has 0 saturated carbocycles. The summed E-state index contributed by atoms with van der Waals surface area (Å²) in [5, 5.41) is 0. The number of rotatable bonds is 8. The number of unbranched alkanes of at least 4 members (excludes halogenated alkanes) is 6. The molecular formula is C10H23ISi. The van der Waals surface area contributed by atoms with E-state index < -0.39 is 0 Å². The van der Waals surface area contributed by atoms with Crippen LogP contribution in [0.25, 0.3) is 0 Å². The van der Waals surface area contributed by atoms with Gasteiger partial charge in [0.2, 0.25) is 0 Å². The summed E-state index contributed by atoms with van der Waals surface area (Å²) < 4.78 is 1.01. The van der Waals surface area contributed by atoms with Gasteiger partial charge in [0.25, 0.3) is 0 Å². The van der Waals surface area contributed by atoms with E-state index in [2.05, 4.69) is 29.5 Å². The lowest BCUT2D eigenvalue weighted by Crippen LogP contribution is -1.94. The normalized spacial score (nSPS) is 13.5. The first-order chi connectivity index (χ1) is 5.77. The molecule has 0 spiro atoms. The van der Waals surface area contributed by atoms with Crippen molar-refractivity contribution in [3.63, 3.8) is 0 Å². The minimum atomic E-state index is 1.01. The van der Waals surface area contributed by atoms with E-state index in [9.17, 15) is 0 Å². The van der Waals surface area contributed by atoms with Crippen LogP contribution in [0.4, 0.5) is 0 Å². The molecule has 0 aromatic heterocycles. The minimum Gasteiger partial charge on any atom is -0.0872 e. The van der Waals surface area contributed by atoms with Crippen LogP contribution in [-0.4, -0.2) is 13.8 Å². The molecule has 0 nitrogen and oxygen atoms in total. The summed E-state index contributed by atoms with van der Waals surface area (Å²) in [4.78, 5) is 0. The molecule has 0 aromatic rings. The maximum Gasteiger partial charge on any atom is 0.0190 e. The van der Waals surface area contributed by atoms with Gasteiger partial charge in [-0.3, -0.25) is 0 Å². The lowest BCUT2D eigenvalue weighted by molar-refractivity contribution is 0.584. The Hall–Kier alpha value is 0.947. The van der Waals surface area contributed by atoms with Gasteiger partial charge >= 0.3 is 0 Å². The van der Waals surface area contributed by atoms with Crippen LogP contribution in [0.2, 0.25) is 0 Å². The van der Waals surface area contributed by atoms with Crippen molar-refractivity contribution in [3.8, 4) is 0 Å². The average Bonchev–Trinajstić information content (AvgIpc) is 2.02. The van der Waals surface area contributed by atoms with Gasteiger partial charge < -0.3 is 0 Å². The molecule has 0 N–H and O–H groups in total. The molecule has 1 unspecified atom stereocenters. The van der Waals surface area contributed by atoms with E-state index >= 15 is 0 Å². The Bertz CT molecular complexity index is 83.9. The molecule has 2 heteroatoms. The van der Waals surface area contributed by atoms with Crippen molar-refractivity contribution in [1.82, 2.24) is 0 Å². The van der Waals surface area contributed by atoms with Gasteiger partial charge in [-0.25, -0.2) is 0 Å². The molecule has 0 bridgehead atoms.